The Kier molecular flexibility index (Phi) is 6.49. The zero-order valence-electron chi connectivity index (χ0n) is 17.0. The molecular formula is C20H25N5O2S2. The molecule has 0 atom stereocenters. The van der Waals surface area contributed by atoms with Crippen molar-refractivity contribution >= 4 is 34.6 Å². The lowest BCUT2D eigenvalue weighted by Crippen LogP contribution is -2.16. The number of aromatic amines is 1. The summed E-state index contributed by atoms with van der Waals surface area (Å²) in [6, 6.07) is 7.64. The minimum absolute atomic E-state index is 0.0457. The summed E-state index contributed by atoms with van der Waals surface area (Å²) in [4.78, 5) is 16.9. The van der Waals surface area contributed by atoms with Crippen molar-refractivity contribution in [1.29, 1.82) is 0 Å². The van der Waals surface area contributed by atoms with Crippen LogP contribution in [0.1, 0.15) is 39.8 Å². The van der Waals surface area contributed by atoms with Crippen molar-refractivity contribution in [2.45, 2.75) is 46.1 Å². The number of hydrogen-bond acceptors (Lipinski definition) is 6. The standard InChI is InChI=1S/C20H25N5O2S2/c1-5-27-14-8-6-13(7-9-14)17-23-24-19(28)25(17)11-10-16(26)22-18-21-15(12-29-18)20(2,3)4/h6-9,12H,5,10-11H2,1-4H3,(H,24,28)(H,21,22,26). The first-order chi connectivity index (χ1) is 13.8. The molecule has 3 rings (SSSR count). The average molecular weight is 432 g/mol. The van der Waals surface area contributed by atoms with E-state index in [2.05, 4.69) is 41.3 Å². The second kappa shape index (κ2) is 8.87. The van der Waals surface area contributed by atoms with Crippen LogP contribution in [0.3, 0.4) is 0 Å². The van der Waals surface area contributed by atoms with Gasteiger partial charge in [-0.05, 0) is 43.4 Å². The summed E-state index contributed by atoms with van der Waals surface area (Å²) in [5, 5.41) is 12.6. The van der Waals surface area contributed by atoms with Gasteiger partial charge in [-0.1, -0.05) is 20.8 Å². The Morgan fingerprint density at radius 1 is 1.31 bits per heavy atom. The molecule has 154 valence electrons. The number of rotatable bonds is 7. The van der Waals surface area contributed by atoms with Gasteiger partial charge in [0.15, 0.2) is 15.7 Å². The molecule has 0 saturated carbocycles. The lowest BCUT2D eigenvalue weighted by atomic mass is 9.93. The fraction of sp³-hybridized carbons (Fsp3) is 0.400. The quantitative estimate of drug-likeness (QED) is 0.526. The van der Waals surface area contributed by atoms with E-state index in [4.69, 9.17) is 17.0 Å². The molecule has 0 radical (unpaired) electrons. The van der Waals surface area contributed by atoms with Gasteiger partial charge >= 0.3 is 0 Å². The second-order valence-electron chi connectivity index (χ2n) is 7.55. The van der Waals surface area contributed by atoms with Crippen LogP contribution in [0.4, 0.5) is 5.13 Å². The van der Waals surface area contributed by atoms with Crippen LogP contribution in [-0.4, -0.2) is 32.3 Å². The van der Waals surface area contributed by atoms with E-state index in [1.807, 2.05) is 41.1 Å². The van der Waals surface area contributed by atoms with E-state index < -0.39 is 0 Å². The molecule has 0 bridgehead atoms. The van der Waals surface area contributed by atoms with Crippen molar-refractivity contribution in [1.82, 2.24) is 19.7 Å². The zero-order valence-corrected chi connectivity index (χ0v) is 18.6. The number of amides is 1. The van der Waals surface area contributed by atoms with E-state index in [1.165, 1.54) is 11.3 Å². The Labute approximate surface area is 179 Å². The monoisotopic (exact) mass is 431 g/mol. The fourth-order valence-electron chi connectivity index (χ4n) is 2.68. The van der Waals surface area contributed by atoms with Gasteiger partial charge in [0, 0.05) is 29.3 Å². The van der Waals surface area contributed by atoms with Gasteiger partial charge in [0.2, 0.25) is 5.91 Å². The minimum atomic E-state index is -0.111. The second-order valence-corrected chi connectivity index (χ2v) is 8.79. The number of nitrogens with zero attached hydrogens (tertiary/aromatic N) is 3. The molecule has 0 spiro atoms. The molecule has 9 heteroatoms. The molecule has 0 aliphatic heterocycles. The normalized spacial score (nSPS) is 11.4. The summed E-state index contributed by atoms with van der Waals surface area (Å²) in [5.41, 5.74) is 1.82. The molecule has 2 N–H and O–H groups in total. The first-order valence-corrected chi connectivity index (χ1v) is 10.7. The Morgan fingerprint density at radius 3 is 2.66 bits per heavy atom. The predicted molar refractivity (Wildman–Crippen MR) is 118 cm³/mol. The number of carbonyl (C=O) groups is 1. The Balaban J connectivity index is 1.66. The van der Waals surface area contributed by atoms with E-state index in [0.29, 0.717) is 28.9 Å². The maximum absolute atomic E-state index is 12.4. The molecule has 0 saturated heterocycles. The maximum atomic E-state index is 12.4. The van der Waals surface area contributed by atoms with Crippen LogP contribution in [0, 0.1) is 4.77 Å². The van der Waals surface area contributed by atoms with Crippen LogP contribution in [0.2, 0.25) is 0 Å². The average Bonchev–Trinajstić information content (AvgIpc) is 3.28. The SMILES string of the molecule is CCOc1ccc(-c2n[nH]c(=S)n2CCC(=O)Nc2nc(C(C)(C)C)cs2)cc1. The van der Waals surface area contributed by atoms with E-state index in [1.54, 1.807) is 0 Å². The first-order valence-electron chi connectivity index (χ1n) is 9.42. The van der Waals surface area contributed by atoms with Gasteiger partial charge in [-0.25, -0.2) is 4.98 Å². The van der Waals surface area contributed by atoms with Crippen molar-refractivity contribution in [3.8, 4) is 17.1 Å². The third-order valence-corrected chi connectivity index (χ3v) is 5.33. The van der Waals surface area contributed by atoms with Crippen LogP contribution in [-0.2, 0) is 16.8 Å². The zero-order chi connectivity index (χ0) is 21.0. The summed E-state index contributed by atoms with van der Waals surface area (Å²) in [7, 11) is 0. The van der Waals surface area contributed by atoms with E-state index in [-0.39, 0.29) is 17.7 Å². The number of carbonyl (C=O) groups excluding carboxylic acids is 1. The number of ether oxygens (including phenoxy) is 1. The molecule has 1 amide bonds. The number of hydrogen-bond donors (Lipinski definition) is 2. The van der Waals surface area contributed by atoms with Gasteiger partial charge in [0.25, 0.3) is 0 Å². The van der Waals surface area contributed by atoms with Crippen LogP contribution in [0.5, 0.6) is 5.75 Å². The molecule has 0 fully saturated rings. The van der Waals surface area contributed by atoms with E-state index in [9.17, 15) is 4.79 Å². The fourth-order valence-corrected chi connectivity index (χ4v) is 3.86. The maximum Gasteiger partial charge on any atom is 0.227 e. The molecule has 29 heavy (non-hydrogen) atoms. The highest BCUT2D eigenvalue weighted by Gasteiger charge is 2.18. The van der Waals surface area contributed by atoms with Gasteiger partial charge in [-0.2, -0.15) is 5.10 Å². The smallest absolute Gasteiger partial charge is 0.227 e. The molecule has 1 aromatic carbocycles. The Bertz CT molecular complexity index is 1030. The van der Waals surface area contributed by atoms with Crippen molar-refractivity contribution in [3.63, 3.8) is 0 Å². The highest BCUT2D eigenvalue weighted by molar-refractivity contribution is 7.71. The number of H-pyrrole nitrogens is 1. The Hall–Kier alpha value is -2.52. The third-order valence-electron chi connectivity index (χ3n) is 4.26. The summed E-state index contributed by atoms with van der Waals surface area (Å²) < 4.78 is 7.78. The van der Waals surface area contributed by atoms with Crippen molar-refractivity contribution < 1.29 is 9.53 Å². The molecule has 2 aromatic heterocycles. The number of aromatic nitrogens is 4. The van der Waals surface area contributed by atoms with Crippen LogP contribution in [0.25, 0.3) is 11.4 Å². The van der Waals surface area contributed by atoms with Crippen LogP contribution < -0.4 is 10.1 Å². The minimum Gasteiger partial charge on any atom is -0.494 e. The molecule has 0 aliphatic rings. The van der Waals surface area contributed by atoms with Gasteiger partial charge in [-0.15, -0.1) is 11.3 Å². The number of benzene rings is 1. The van der Waals surface area contributed by atoms with Gasteiger partial charge in [0.1, 0.15) is 5.75 Å². The molecule has 0 aliphatic carbocycles. The first kappa shape index (κ1) is 21.2. The molecule has 7 nitrogen and oxygen atoms in total. The predicted octanol–water partition coefficient (Wildman–Crippen LogP) is 4.79. The lowest BCUT2D eigenvalue weighted by molar-refractivity contribution is -0.116. The molecule has 0 unspecified atom stereocenters. The van der Waals surface area contributed by atoms with Gasteiger partial charge < -0.3 is 10.1 Å². The summed E-state index contributed by atoms with van der Waals surface area (Å²) in [5.74, 6) is 1.38. The summed E-state index contributed by atoms with van der Waals surface area (Å²) in [6.07, 6.45) is 0.266. The summed E-state index contributed by atoms with van der Waals surface area (Å²) >= 11 is 6.78. The highest BCUT2D eigenvalue weighted by atomic mass is 32.1. The number of nitrogens with one attached hydrogen (secondary N) is 2. The number of thiazole rings is 1. The van der Waals surface area contributed by atoms with Crippen molar-refractivity contribution in [2.24, 2.45) is 0 Å². The molecule has 3 aromatic rings. The van der Waals surface area contributed by atoms with E-state index >= 15 is 0 Å². The van der Waals surface area contributed by atoms with Crippen LogP contribution in [0.15, 0.2) is 29.6 Å². The Morgan fingerprint density at radius 2 is 2.03 bits per heavy atom. The highest BCUT2D eigenvalue weighted by Crippen LogP contribution is 2.26. The summed E-state index contributed by atoms with van der Waals surface area (Å²) in [6.45, 7) is 9.26. The van der Waals surface area contributed by atoms with Crippen LogP contribution >= 0.6 is 23.6 Å². The molecule has 2 heterocycles. The van der Waals surface area contributed by atoms with Crippen molar-refractivity contribution in [3.05, 3.63) is 40.1 Å². The van der Waals surface area contributed by atoms with Gasteiger partial charge in [0.05, 0.1) is 12.3 Å². The third kappa shape index (κ3) is 5.30. The van der Waals surface area contributed by atoms with Gasteiger partial charge in [-0.3, -0.25) is 14.5 Å². The topological polar surface area (TPSA) is 84.8 Å². The molecular weight excluding hydrogens is 406 g/mol. The van der Waals surface area contributed by atoms with E-state index in [0.717, 1.165) is 17.0 Å². The largest absolute Gasteiger partial charge is 0.494 e. The van der Waals surface area contributed by atoms with Crippen molar-refractivity contribution in [2.75, 3.05) is 11.9 Å². The lowest BCUT2D eigenvalue weighted by Gasteiger charge is -2.14. The number of anilines is 1.